The van der Waals surface area contributed by atoms with E-state index in [1.54, 1.807) is 0 Å². The van der Waals surface area contributed by atoms with Crippen LogP contribution in [0.2, 0.25) is 0 Å². The van der Waals surface area contributed by atoms with Gasteiger partial charge < -0.3 is 14.2 Å². The monoisotopic (exact) mass is 417 g/mol. The zero-order valence-electron chi connectivity index (χ0n) is 16.9. The van der Waals surface area contributed by atoms with Gasteiger partial charge in [-0.05, 0) is 57.8 Å². The van der Waals surface area contributed by atoms with Crippen LogP contribution in [0.25, 0.3) is 0 Å². The van der Waals surface area contributed by atoms with Crippen LogP contribution in [0.1, 0.15) is 75.9 Å². The fourth-order valence-corrected chi connectivity index (χ4v) is 6.38. The largest absolute Gasteiger partial charge is 0.370 e. The van der Waals surface area contributed by atoms with Gasteiger partial charge in [-0.3, -0.25) is 0 Å². The molecule has 3 aliphatic carbocycles. The predicted octanol–water partition coefficient (Wildman–Crippen LogP) is 0.649. The quantitative estimate of drug-likeness (QED) is 0.669. The summed E-state index contributed by atoms with van der Waals surface area (Å²) < 4.78 is 21.1. The van der Waals surface area contributed by atoms with Gasteiger partial charge in [-0.25, -0.2) is 28.1 Å². The Morgan fingerprint density at radius 1 is 0.467 bits per heavy atom. The molecule has 0 N–H and O–H groups in total. The maximum atomic E-state index is 13.6. The first kappa shape index (κ1) is 17.9. The van der Waals surface area contributed by atoms with Gasteiger partial charge in [-0.15, -0.1) is 0 Å². The SMILES string of the molecule is O=c1n(C2CCC3OC3C2)c(=O)n(C2CCC3OC3C2)c(=O)n1C1CCC2OC2C1. The minimum Gasteiger partial charge on any atom is -0.370 e. The molecule has 6 fully saturated rings. The third-order valence-electron chi connectivity index (χ3n) is 8.26. The van der Waals surface area contributed by atoms with Crippen LogP contribution < -0.4 is 17.1 Å². The van der Waals surface area contributed by atoms with Crippen LogP contribution >= 0.6 is 0 Å². The van der Waals surface area contributed by atoms with Crippen molar-refractivity contribution in [3.63, 3.8) is 0 Å². The van der Waals surface area contributed by atoms with Crippen molar-refractivity contribution in [1.29, 1.82) is 0 Å². The number of rotatable bonds is 3. The summed E-state index contributed by atoms with van der Waals surface area (Å²) in [4.78, 5) is 40.7. The summed E-state index contributed by atoms with van der Waals surface area (Å²) >= 11 is 0. The maximum absolute atomic E-state index is 13.6. The molecule has 3 saturated heterocycles. The molecule has 1 aromatic heterocycles. The molecule has 4 heterocycles. The highest BCUT2D eigenvalue weighted by Crippen LogP contribution is 2.43. The highest BCUT2D eigenvalue weighted by atomic mass is 16.6. The maximum Gasteiger partial charge on any atom is 0.336 e. The van der Waals surface area contributed by atoms with Gasteiger partial charge in [0.15, 0.2) is 0 Å². The Balaban J connectivity index is 1.36. The second kappa shape index (κ2) is 6.17. The van der Waals surface area contributed by atoms with Gasteiger partial charge in [0.1, 0.15) is 0 Å². The van der Waals surface area contributed by atoms with Crippen LogP contribution in [-0.2, 0) is 14.2 Å². The fourth-order valence-electron chi connectivity index (χ4n) is 6.38. The summed E-state index contributed by atoms with van der Waals surface area (Å²) in [6, 6.07) is -0.600. The summed E-state index contributed by atoms with van der Waals surface area (Å²) in [6.45, 7) is 0. The number of fused-ring (bicyclic) bond motifs is 3. The molecule has 0 bridgehead atoms. The van der Waals surface area contributed by atoms with Crippen molar-refractivity contribution >= 4 is 0 Å². The molecule has 6 aliphatic rings. The molecule has 9 nitrogen and oxygen atoms in total. The molecule has 7 rings (SSSR count). The third-order valence-corrected chi connectivity index (χ3v) is 8.26. The van der Waals surface area contributed by atoms with Gasteiger partial charge in [0.25, 0.3) is 0 Å². The van der Waals surface area contributed by atoms with Gasteiger partial charge in [0, 0.05) is 18.1 Å². The van der Waals surface area contributed by atoms with E-state index in [9.17, 15) is 14.4 Å². The van der Waals surface area contributed by atoms with E-state index in [1.165, 1.54) is 13.7 Å². The Kier molecular flexibility index (Phi) is 3.69. The summed E-state index contributed by atoms with van der Waals surface area (Å²) in [5.74, 6) is 0. The number of epoxide rings is 3. The van der Waals surface area contributed by atoms with Crippen LogP contribution in [0, 0.1) is 0 Å². The molecule has 1 aromatic rings. The van der Waals surface area contributed by atoms with Gasteiger partial charge in [0.2, 0.25) is 0 Å². The zero-order valence-corrected chi connectivity index (χ0v) is 16.9. The molecule has 3 aliphatic heterocycles. The Bertz CT molecular complexity index is 910. The van der Waals surface area contributed by atoms with Crippen molar-refractivity contribution < 1.29 is 14.2 Å². The van der Waals surface area contributed by atoms with Gasteiger partial charge in [0.05, 0.1) is 36.6 Å². The minimum absolute atomic E-state index is 0.148. The first-order valence-electron chi connectivity index (χ1n) is 11.5. The van der Waals surface area contributed by atoms with E-state index in [2.05, 4.69) is 0 Å². The molecule has 9 heteroatoms. The third kappa shape index (κ3) is 2.67. The lowest BCUT2D eigenvalue weighted by atomic mass is 9.94. The second-order valence-electron chi connectivity index (χ2n) is 10.00. The molecule has 9 atom stereocenters. The average molecular weight is 417 g/mol. The topological polar surface area (TPSA) is 104 Å². The van der Waals surface area contributed by atoms with E-state index >= 15 is 0 Å². The van der Waals surface area contributed by atoms with E-state index in [0.717, 1.165) is 38.5 Å². The Hall–Kier alpha value is -1.71. The van der Waals surface area contributed by atoms with E-state index < -0.39 is 17.1 Å². The Morgan fingerprint density at radius 3 is 1.03 bits per heavy atom. The summed E-state index contributed by atoms with van der Waals surface area (Å²) in [5, 5.41) is 0. The molecule has 30 heavy (non-hydrogen) atoms. The molecule has 0 amide bonds. The van der Waals surface area contributed by atoms with Crippen LogP contribution in [-0.4, -0.2) is 50.3 Å². The second-order valence-corrected chi connectivity index (χ2v) is 10.00. The summed E-state index contributed by atoms with van der Waals surface area (Å²) in [5.41, 5.74) is -1.32. The van der Waals surface area contributed by atoms with Crippen molar-refractivity contribution in [2.24, 2.45) is 0 Å². The molecule has 0 aromatic carbocycles. The molecule has 0 radical (unpaired) electrons. The molecule has 9 unspecified atom stereocenters. The van der Waals surface area contributed by atoms with E-state index in [-0.39, 0.29) is 54.7 Å². The summed E-state index contributed by atoms with van der Waals surface area (Å²) in [7, 11) is 0. The standard InChI is InChI=1S/C21H27N3O6/c25-19-22(10-1-4-13-16(7-10)28-13)20(26)24(12-3-6-15-18(9-12)30-15)21(27)23(19)11-2-5-14-17(8-11)29-14/h10-18H,1-9H2. The predicted molar refractivity (Wildman–Crippen MR) is 104 cm³/mol. The molecule has 3 saturated carbocycles. The number of hydrogen-bond acceptors (Lipinski definition) is 6. The van der Waals surface area contributed by atoms with E-state index in [1.807, 2.05) is 0 Å². The van der Waals surface area contributed by atoms with Gasteiger partial charge in [-0.1, -0.05) is 0 Å². The Morgan fingerprint density at radius 2 is 0.767 bits per heavy atom. The minimum atomic E-state index is -0.439. The highest BCUT2D eigenvalue weighted by molar-refractivity contribution is 5.01. The molecule has 162 valence electrons. The zero-order chi connectivity index (χ0) is 20.1. The van der Waals surface area contributed by atoms with Crippen molar-refractivity contribution in [1.82, 2.24) is 13.7 Å². The highest BCUT2D eigenvalue weighted by Gasteiger charge is 2.49. The lowest BCUT2D eigenvalue weighted by molar-refractivity contribution is 0.262. The average Bonchev–Trinajstić information content (AvgIpc) is 3.60. The van der Waals surface area contributed by atoms with Crippen LogP contribution in [0.3, 0.4) is 0 Å². The number of aromatic nitrogens is 3. The lowest BCUT2D eigenvalue weighted by Crippen LogP contribution is -2.58. The van der Waals surface area contributed by atoms with E-state index in [4.69, 9.17) is 14.2 Å². The first-order valence-corrected chi connectivity index (χ1v) is 11.5. The van der Waals surface area contributed by atoms with Crippen LogP contribution in [0.5, 0.6) is 0 Å². The van der Waals surface area contributed by atoms with Crippen LogP contribution in [0.4, 0.5) is 0 Å². The van der Waals surface area contributed by atoms with Crippen molar-refractivity contribution in [3.8, 4) is 0 Å². The molecular weight excluding hydrogens is 390 g/mol. The lowest BCUT2D eigenvalue weighted by Gasteiger charge is -2.29. The first-order chi connectivity index (χ1) is 14.6. The summed E-state index contributed by atoms with van der Waals surface area (Å²) in [6.07, 6.45) is 8.14. The van der Waals surface area contributed by atoms with Gasteiger partial charge >= 0.3 is 17.1 Å². The number of ether oxygens (including phenoxy) is 3. The van der Waals surface area contributed by atoms with Crippen molar-refractivity contribution in [2.45, 2.75) is 113 Å². The van der Waals surface area contributed by atoms with Gasteiger partial charge in [-0.2, -0.15) is 0 Å². The fraction of sp³-hybridized carbons (Fsp3) is 0.857. The van der Waals surface area contributed by atoms with Crippen molar-refractivity contribution in [2.75, 3.05) is 0 Å². The van der Waals surface area contributed by atoms with Crippen LogP contribution in [0.15, 0.2) is 14.4 Å². The van der Waals surface area contributed by atoms with E-state index in [0.29, 0.717) is 19.3 Å². The normalized spacial score (nSPS) is 45.8. The molecular formula is C21H27N3O6. The van der Waals surface area contributed by atoms with Crippen molar-refractivity contribution in [3.05, 3.63) is 31.5 Å². The number of nitrogens with zero attached hydrogens (tertiary/aromatic N) is 3. The smallest absolute Gasteiger partial charge is 0.336 e. The molecule has 0 spiro atoms. The number of hydrogen-bond donors (Lipinski definition) is 0. The Labute approximate surface area is 172 Å².